The molecule has 1 saturated heterocycles. The van der Waals surface area contributed by atoms with E-state index in [0.29, 0.717) is 12.6 Å². The Balaban J connectivity index is 2.08. The highest BCUT2D eigenvalue weighted by Crippen LogP contribution is 2.26. The summed E-state index contributed by atoms with van der Waals surface area (Å²) in [5, 5.41) is 9.00. The van der Waals surface area contributed by atoms with Gasteiger partial charge in [0.15, 0.2) is 0 Å². The van der Waals surface area contributed by atoms with Crippen molar-refractivity contribution >= 4 is 0 Å². The van der Waals surface area contributed by atoms with Gasteiger partial charge < -0.3 is 5.11 Å². The molecule has 0 radical (unpaired) electrons. The second-order valence-electron chi connectivity index (χ2n) is 6.01. The van der Waals surface area contributed by atoms with Crippen molar-refractivity contribution in [1.29, 1.82) is 0 Å². The smallest absolute Gasteiger partial charge is 0.0431 e. The van der Waals surface area contributed by atoms with Gasteiger partial charge in [-0.2, -0.15) is 0 Å². The third-order valence-corrected chi connectivity index (χ3v) is 4.40. The van der Waals surface area contributed by atoms with Gasteiger partial charge in [0, 0.05) is 19.2 Å². The van der Waals surface area contributed by atoms with E-state index in [4.69, 9.17) is 5.11 Å². The van der Waals surface area contributed by atoms with Crippen molar-refractivity contribution in [3.8, 4) is 0 Å². The second-order valence-corrected chi connectivity index (χ2v) is 6.01. The first-order valence-electron chi connectivity index (χ1n) is 7.53. The fourth-order valence-electron chi connectivity index (χ4n) is 3.42. The molecule has 1 unspecified atom stereocenters. The van der Waals surface area contributed by atoms with Crippen LogP contribution in [-0.2, 0) is 6.54 Å². The quantitative estimate of drug-likeness (QED) is 0.878. The summed E-state index contributed by atoms with van der Waals surface area (Å²) in [6, 6.07) is 5.26. The third-order valence-electron chi connectivity index (χ3n) is 4.40. The average molecular weight is 261 g/mol. The topological polar surface area (TPSA) is 23.5 Å². The number of aliphatic hydroxyl groups excluding tert-OH is 1. The molecule has 1 aromatic carbocycles. The minimum atomic E-state index is 0.326. The van der Waals surface area contributed by atoms with Crippen LogP contribution in [0.3, 0.4) is 0 Å². The molecule has 2 rings (SSSR count). The van der Waals surface area contributed by atoms with E-state index in [1.54, 1.807) is 0 Å². The van der Waals surface area contributed by atoms with Gasteiger partial charge in [0.2, 0.25) is 0 Å². The first-order valence-corrected chi connectivity index (χ1v) is 7.53. The minimum absolute atomic E-state index is 0.326. The Hall–Kier alpha value is -0.860. The molecule has 1 aliphatic rings. The van der Waals surface area contributed by atoms with Crippen molar-refractivity contribution in [2.75, 3.05) is 13.2 Å². The summed E-state index contributed by atoms with van der Waals surface area (Å²) in [6.07, 6.45) is 4.68. The zero-order chi connectivity index (χ0) is 13.8. The molecule has 1 N–H and O–H groups in total. The van der Waals surface area contributed by atoms with Gasteiger partial charge >= 0.3 is 0 Å². The van der Waals surface area contributed by atoms with E-state index < -0.39 is 0 Å². The number of aryl methyl sites for hydroxylation is 3. The van der Waals surface area contributed by atoms with E-state index in [0.717, 1.165) is 19.4 Å². The molecular formula is C17H27NO. The highest BCUT2D eigenvalue weighted by atomic mass is 16.2. The molecule has 0 amide bonds. The maximum absolute atomic E-state index is 9.00. The van der Waals surface area contributed by atoms with Gasteiger partial charge in [-0.1, -0.05) is 17.7 Å². The third kappa shape index (κ3) is 3.58. The average Bonchev–Trinajstić information content (AvgIpc) is 2.78. The molecule has 0 saturated carbocycles. The van der Waals surface area contributed by atoms with Crippen LogP contribution >= 0.6 is 0 Å². The van der Waals surface area contributed by atoms with Gasteiger partial charge in [-0.05, 0) is 69.7 Å². The first kappa shape index (κ1) is 14.5. The lowest BCUT2D eigenvalue weighted by Crippen LogP contribution is -2.29. The van der Waals surface area contributed by atoms with Crippen molar-refractivity contribution < 1.29 is 5.11 Å². The molecule has 19 heavy (non-hydrogen) atoms. The Morgan fingerprint density at radius 1 is 1.21 bits per heavy atom. The molecular weight excluding hydrogens is 234 g/mol. The van der Waals surface area contributed by atoms with E-state index in [1.165, 1.54) is 41.6 Å². The van der Waals surface area contributed by atoms with Gasteiger partial charge in [0.05, 0.1) is 0 Å². The maximum Gasteiger partial charge on any atom is 0.0431 e. The molecule has 0 aliphatic carbocycles. The second kappa shape index (κ2) is 6.53. The van der Waals surface area contributed by atoms with E-state index in [9.17, 15) is 0 Å². The maximum atomic E-state index is 9.00. The number of benzene rings is 1. The molecule has 2 heteroatoms. The summed E-state index contributed by atoms with van der Waals surface area (Å²) in [5.41, 5.74) is 5.70. The van der Waals surface area contributed by atoms with Gasteiger partial charge in [-0.15, -0.1) is 0 Å². The lowest BCUT2D eigenvalue weighted by Gasteiger charge is -2.26. The van der Waals surface area contributed by atoms with Gasteiger partial charge in [-0.3, -0.25) is 4.90 Å². The van der Waals surface area contributed by atoms with Crippen LogP contribution < -0.4 is 0 Å². The van der Waals surface area contributed by atoms with Crippen LogP contribution in [0.5, 0.6) is 0 Å². The lowest BCUT2D eigenvalue weighted by molar-refractivity contribution is 0.209. The lowest BCUT2D eigenvalue weighted by atomic mass is 9.99. The van der Waals surface area contributed by atoms with Crippen LogP contribution in [0.2, 0.25) is 0 Å². The standard InChI is InChI=1S/C17H27NO/c1-13-10-14(2)17(15(3)11-13)12-18-8-4-6-16(18)7-5-9-19/h10-11,16,19H,4-9,12H2,1-3H3. The molecule has 0 spiro atoms. The minimum Gasteiger partial charge on any atom is -0.396 e. The van der Waals surface area contributed by atoms with E-state index in [-0.39, 0.29) is 0 Å². The van der Waals surface area contributed by atoms with Gasteiger partial charge in [0.1, 0.15) is 0 Å². The zero-order valence-corrected chi connectivity index (χ0v) is 12.6. The Kier molecular flexibility index (Phi) is 5.00. The molecule has 1 heterocycles. The Bertz CT molecular complexity index is 404. The molecule has 0 bridgehead atoms. The molecule has 0 aromatic heterocycles. The van der Waals surface area contributed by atoms with Gasteiger partial charge in [-0.25, -0.2) is 0 Å². The number of nitrogens with zero attached hydrogens (tertiary/aromatic N) is 1. The van der Waals surface area contributed by atoms with E-state index in [1.807, 2.05) is 0 Å². The van der Waals surface area contributed by atoms with Crippen LogP contribution in [0.1, 0.15) is 47.9 Å². The summed E-state index contributed by atoms with van der Waals surface area (Å²) in [7, 11) is 0. The normalized spacial score (nSPS) is 20.1. The molecule has 1 aliphatic heterocycles. The Labute approximate surface area is 117 Å². The summed E-state index contributed by atoms with van der Waals surface area (Å²) in [4.78, 5) is 2.61. The summed E-state index contributed by atoms with van der Waals surface area (Å²) < 4.78 is 0. The fourth-order valence-corrected chi connectivity index (χ4v) is 3.42. The summed E-state index contributed by atoms with van der Waals surface area (Å²) >= 11 is 0. The predicted molar refractivity (Wildman–Crippen MR) is 80.4 cm³/mol. The molecule has 2 nitrogen and oxygen atoms in total. The largest absolute Gasteiger partial charge is 0.396 e. The number of hydrogen-bond donors (Lipinski definition) is 1. The predicted octanol–water partition coefficient (Wildman–Crippen LogP) is 3.35. The number of hydrogen-bond acceptors (Lipinski definition) is 2. The monoisotopic (exact) mass is 261 g/mol. The summed E-state index contributed by atoms with van der Waals surface area (Å²) in [5.74, 6) is 0. The fraction of sp³-hybridized carbons (Fsp3) is 0.647. The van der Waals surface area contributed by atoms with Crippen LogP contribution in [0.25, 0.3) is 0 Å². The van der Waals surface area contributed by atoms with Crippen molar-refractivity contribution in [3.63, 3.8) is 0 Å². The highest BCUT2D eigenvalue weighted by Gasteiger charge is 2.24. The molecule has 1 atom stereocenters. The molecule has 106 valence electrons. The van der Waals surface area contributed by atoms with Crippen molar-refractivity contribution in [2.24, 2.45) is 0 Å². The number of rotatable bonds is 5. The Morgan fingerprint density at radius 2 is 1.89 bits per heavy atom. The van der Waals surface area contributed by atoms with Crippen LogP contribution in [-0.4, -0.2) is 29.2 Å². The first-order chi connectivity index (χ1) is 9.11. The summed E-state index contributed by atoms with van der Waals surface area (Å²) in [6.45, 7) is 9.25. The molecule has 1 aromatic rings. The van der Waals surface area contributed by atoms with E-state index in [2.05, 4.69) is 37.8 Å². The molecule has 1 fully saturated rings. The van der Waals surface area contributed by atoms with Crippen LogP contribution in [0.4, 0.5) is 0 Å². The van der Waals surface area contributed by atoms with Crippen LogP contribution in [0.15, 0.2) is 12.1 Å². The van der Waals surface area contributed by atoms with Gasteiger partial charge in [0.25, 0.3) is 0 Å². The SMILES string of the molecule is Cc1cc(C)c(CN2CCCC2CCCO)c(C)c1. The zero-order valence-electron chi connectivity index (χ0n) is 12.6. The Morgan fingerprint density at radius 3 is 2.53 bits per heavy atom. The van der Waals surface area contributed by atoms with Crippen molar-refractivity contribution in [3.05, 3.63) is 34.4 Å². The number of aliphatic hydroxyl groups is 1. The van der Waals surface area contributed by atoms with Crippen LogP contribution in [0, 0.1) is 20.8 Å². The van der Waals surface area contributed by atoms with Crippen molar-refractivity contribution in [1.82, 2.24) is 4.90 Å². The highest BCUT2D eigenvalue weighted by molar-refractivity contribution is 5.37. The van der Waals surface area contributed by atoms with E-state index >= 15 is 0 Å². The van der Waals surface area contributed by atoms with Crippen molar-refractivity contribution in [2.45, 2.75) is 59.0 Å². The number of likely N-dealkylation sites (tertiary alicyclic amines) is 1.